The molecule has 0 saturated heterocycles. The van der Waals surface area contributed by atoms with Crippen molar-refractivity contribution in [2.24, 2.45) is 0 Å². The monoisotopic (exact) mass is 553 g/mol. The summed E-state index contributed by atoms with van der Waals surface area (Å²) >= 11 is 0. The average molecular weight is 553 g/mol. The minimum Gasteiger partial charge on any atom is -0.460 e. The lowest BCUT2D eigenvalue weighted by molar-refractivity contribution is -0.156. The van der Waals surface area contributed by atoms with Gasteiger partial charge in [0.1, 0.15) is 6.10 Å². The first-order chi connectivity index (χ1) is 19.2. The van der Waals surface area contributed by atoms with Gasteiger partial charge in [0.15, 0.2) is 0 Å². The predicted octanol–water partition coefficient (Wildman–Crippen LogP) is 12.0. The van der Waals surface area contributed by atoms with Gasteiger partial charge in [0.2, 0.25) is 0 Å². The van der Waals surface area contributed by atoms with E-state index >= 15 is 0 Å². The summed E-state index contributed by atoms with van der Waals surface area (Å²) in [5.41, 5.74) is 0. The molecule has 0 saturated carbocycles. The highest BCUT2D eigenvalue weighted by molar-refractivity contribution is 5.69. The van der Waals surface area contributed by atoms with Crippen LogP contribution in [-0.4, -0.2) is 23.3 Å². The summed E-state index contributed by atoms with van der Waals surface area (Å²) < 4.78 is 5.73. The molecule has 0 aliphatic rings. The molecule has 3 heteroatoms. The van der Waals surface area contributed by atoms with E-state index in [4.69, 9.17) is 4.74 Å². The molecule has 0 spiro atoms. The van der Waals surface area contributed by atoms with Crippen LogP contribution in [-0.2, 0) is 9.53 Å². The smallest absolute Gasteiger partial charge is 0.306 e. The van der Waals surface area contributed by atoms with Crippen LogP contribution in [0.3, 0.4) is 0 Å². The normalized spacial score (nSPS) is 13.0. The van der Waals surface area contributed by atoms with Gasteiger partial charge >= 0.3 is 5.97 Å². The van der Waals surface area contributed by atoms with Crippen LogP contribution >= 0.6 is 0 Å². The minimum atomic E-state index is -0.525. The molecule has 0 heterocycles. The van der Waals surface area contributed by atoms with E-state index in [2.05, 4.69) is 13.8 Å². The first kappa shape index (κ1) is 38.4. The number of esters is 1. The summed E-state index contributed by atoms with van der Waals surface area (Å²) in [6, 6.07) is 0. The van der Waals surface area contributed by atoms with Crippen molar-refractivity contribution in [2.75, 3.05) is 0 Å². The third kappa shape index (κ3) is 28.7. The van der Waals surface area contributed by atoms with Gasteiger partial charge in [-0.05, 0) is 25.7 Å². The molecule has 0 aliphatic heterocycles. The zero-order valence-corrected chi connectivity index (χ0v) is 27.1. The number of unbranched alkanes of at least 4 members (excludes halogenated alkanes) is 25. The number of hydrogen-bond donors (Lipinski definition) is 1. The highest BCUT2D eigenvalue weighted by Crippen LogP contribution is 2.18. The molecule has 0 radical (unpaired) electrons. The van der Waals surface area contributed by atoms with Crippen molar-refractivity contribution in [3.05, 3.63) is 0 Å². The summed E-state index contributed by atoms with van der Waals surface area (Å²) in [7, 11) is 0. The molecule has 1 N–H and O–H groups in total. The van der Waals surface area contributed by atoms with Crippen LogP contribution in [0, 0.1) is 0 Å². The molecule has 2 atom stereocenters. The van der Waals surface area contributed by atoms with Crippen molar-refractivity contribution in [3.8, 4) is 0 Å². The van der Waals surface area contributed by atoms with Crippen molar-refractivity contribution in [3.63, 3.8) is 0 Å². The average Bonchev–Trinajstić information content (AvgIpc) is 2.94. The Morgan fingerprint density at radius 3 is 1.13 bits per heavy atom. The molecule has 0 fully saturated rings. The summed E-state index contributed by atoms with van der Waals surface area (Å²) in [5, 5.41) is 10.4. The highest BCUT2D eigenvalue weighted by atomic mass is 16.6. The summed E-state index contributed by atoms with van der Waals surface area (Å²) in [6.45, 7) is 6.53. The topological polar surface area (TPSA) is 46.5 Å². The van der Waals surface area contributed by atoms with E-state index in [1.165, 1.54) is 154 Å². The summed E-state index contributed by atoms with van der Waals surface area (Å²) in [5.74, 6) is -0.110. The third-order valence-electron chi connectivity index (χ3n) is 8.46. The van der Waals surface area contributed by atoms with Crippen LogP contribution in [0.25, 0.3) is 0 Å². The molecule has 0 rings (SSSR count). The number of carbonyl (C=O) groups excluding carboxylic acids is 1. The maximum absolute atomic E-state index is 12.4. The fourth-order valence-corrected chi connectivity index (χ4v) is 5.65. The Morgan fingerprint density at radius 2 is 0.795 bits per heavy atom. The van der Waals surface area contributed by atoms with E-state index in [0.29, 0.717) is 12.8 Å². The number of aliphatic hydroxyl groups is 1. The standard InChI is InChI=1S/C36H72O3/c1-4-7-9-11-13-15-17-19-20-21-23-25-27-29-31-33-36(38)39-35(34(37)6-3)32-30-28-26-24-22-18-16-14-12-10-8-5-2/h34-35,37H,4-33H2,1-3H3. The lowest BCUT2D eigenvalue weighted by Crippen LogP contribution is -2.30. The first-order valence-electron chi connectivity index (χ1n) is 18.0. The molecule has 0 aromatic heterocycles. The molecule has 0 aromatic rings. The second kappa shape index (κ2) is 32.0. The number of ether oxygens (including phenoxy) is 1. The van der Waals surface area contributed by atoms with Crippen molar-refractivity contribution in [1.29, 1.82) is 0 Å². The molecular formula is C36H72O3. The van der Waals surface area contributed by atoms with E-state index in [9.17, 15) is 9.90 Å². The van der Waals surface area contributed by atoms with Gasteiger partial charge in [-0.2, -0.15) is 0 Å². The van der Waals surface area contributed by atoms with E-state index in [0.717, 1.165) is 25.7 Å². The number of aliphatic hydroxyl groups excluding tert-OH is 1. The molecule has 0 amide bonds. The van der Waals surface area contributed by atoms with Gasteiger partial charge in [0.25, 0.3) is 0 Å². The second-order valence-corrected chi connectivity index (χ2v) is 12.4. The van der Waals surface area contributed by atoms with Crippen LogP contribution in [0.2, 0.25) is 0 Å². The quantitative estimate of drug-likeness (QED) is 0.0666. The van der Waals surface area contributed by atoms with Crippen LogP contribution in [0.4, 0.5) is 0 Å². The Labute approximate surface area is 246 Å². The van der Waals surface area contributed by atoms with Crippen LogP contribution < -0.4 is 0 Å². The fourth-order valence-electron chi connectivity index (χ4n) is 5.65. The summed E-state index contributed by atoms with van der Waals surface area (Å²) in [4.78, 5) is 12.4. The lowest BCUT2D eigenvalue weighted by Gasteiger charge is -2.22. The predicted molar refractivity (Wildman–Crippen MR) is 171 cm³/mol. The van der Waals surface area contributed by atoms with Gasteiger partial charge in [-0.25, -0.2) is 0 Å². The van der Waals surface area contributed by atoms with E-state index in [-0.39, 0.29) is 12.1 Å². The molecule has 2 unspecified atom stereocenters. The molecule has 3 nitrogen and oxygen atoms in total. The SMILES string of the molecule is CCCCCCCCCCCCCCCCCC(=O)OC(CCCCCCCCCCCCCC)C(O)CC. The Kier molecular flexibility index (Phi) is 31.5. The summed E-state index contributed by atoms with van der Waals surface area (Å²) in [6.07, 6.45) is 36.9. The van der Waals surface area contributed by atoms with Crippen molar-refractivity contribution in [1.82, 2.24) is 0 Å². The first-order valence-corrected chi connectivity index (χ1v) is 18.0. The van der Waals surface area contributed by atoms with Gasteiger partial charge in [0.05, 0.1) is 6.10 Å². The Morgan fingerprint density at radius 1 is 0.487 bits per heavy atom. The van der Waals surface area contributed by atoms with E-state index in [1.54, 1.807) is 0 Å². The maximum Gasteiger partial charge on any atom is 0.306 e. The van der Waals surface area contributed by atoms with Crippen LogP contribution in [0.5, 0.6) is 0 Å². The number of hydrogen-bond acceptors (Lipinski definition) is 3. The van der Waals surface area contributed by atoms with Crippen molar-refractivity contribution in [2.45, 2.75) is 226 Å². The highest BCUT2D eigenvalue weighted by Gasteiger charge is 2.21. The molecule has 0 aliphatic carbocycles. The van der Waals surface area contributed by atoms with Gasteiger partial charge < -0.3 is 9.84 Å². The molecular weight excluding hydrogens is 480 g/mol. The van der Waals surface area contributed by atoms with Crippen molar-refractivity contribution >= 4 is 5.97 Å². The third-order valence-corrected chi connectivity index (χ3v) is 8.46. The molecule has 0 bridgehead atoms. The molecule has 39 heavy (non-hydrogen) atoms. The second-order valence-electron chi connectivity index (χ2n) is 12.4. The van der Waals surface area contributed by atoms with E-state index < -0.39 is 6.10 Å². The molecule has 0 aromatic carbocycles. The Hall–Kier alpha value is -0.570. The Bertz CT molecular complexity index is 478. The lowest BCUT2D eigenvalue weighted by atomic mass is 10.0. The maximum atomic E-state index is 12.4. The largest absolute Gasteiger partial charge is 0.460 e. The van der Waals surface area contributed by atoms with Gasteiger partial charge in [-0.1, -0.05) is 181 Å². The van der Waals surface area contributed by atoms with Gasteiger partial charge in [0, 0.05) is 6.42 Å². The van der Waals surface area contributed by atoms with Gasteiger partial charge in [-0.15, -0.1) is 0 Å². The zero-order chi connectivity index (χ0) is 28.7. The Balaban J connectivity index is 3.63. The van der Waals surface area contributed by atoms with Crippen LogP contribution in [0.1, 0.15) is 213 Å². The van der Waals surface area contributed by atoms with Crippen LogP contribution in [0.15, 0.2) is 0 Å². The van der Waals surface area contributed by atoms with E-state index in [1.807, 2.05) is 6.92 Å². The number of carbonyl (C=O) groups is 1. The zero-order valence-electron chi connectivity index (χ0n) is 27.1. The van der Waals surface area contributed by atoms with Crippen molar-refractivity contribution < 1.29 is 14.6 Å². The number of rotatable bonds is 32. The molecule has 234 valence electrons. The minimum absolute atomic E-state index is 0.110. The fraction of sp³-hybridized carbons (Fsp3) is 0.972. The van der Waals surface area contributed by atoms with Gasteiger partial charge in [-0.3, -0.25) is 4.79 Å².